The van der Waals surface area contributed by atoms with Crippen molar-refractivity contribution >= 4 is 39.8 Å². The minimum atomic E-state index is -0.820. The lowest BCUT2D eigenvalue weighted by atomic mass is 9.85. The Hall–Kier alpha value is -3.63. The lowest BCUT2D eigenvalue weighted by Crippen LogP contribution is -2.50. The molecule has 1 aromatic carbocycles. The Labute approximate surface area is 249 Å². The van der Waals surface area contributed by atoms with Gasteiger partial charge in [0, 0.05) is 40.4 Å². The van der Waals surface area contributed by atoms with Gasteiger partial charge in [0.1, 0.15) is 16.7 Å². The normalized spacial score (nSPS) is 20.1. The second-order valence-corrected chi connectivity index (χ2v) is 11.8. The quantitative estimate of drug-likeness (QED) is 0.339. The zero-order chi connectivity index (χ0) is 28.6. The van der Waals surface area contributed by atoms with Crippen LogP contribution >= 0.6 is 11.5 Å². The lowest BCUT2D eigenvalue weighted by Gasteiger charge is -2.31. The number of benzene rings is 1. The highest BCUT2D eigenvalue weighted by atomic mass is 32.1. The van der Waals surface area contributed by atoms with E-state index >= 15 is 0 Å². The van der Waals surface area contributed by atoms with Crippen molar-refractivity contribution in [3.05, 3.63) is 72.0 Å². The highest BCUT2D eigenvalue weighted by molar-refractivity contribution is 7.10. The van der Waals surface area contributed by atoms with Gasteiger partial charge < -0.3 is 20.9 Å². The number of hydrogen-bond acceptors (Lipinski definition) is 7. The average Bonchev–Trinajstić information content (AvgIpc) is 3.52. The molecule has 5 rings (SSSR count). The third-order valence-electron chi connectivity index (χ3n) is 8.07. The van der Waals surface area contributed by atoms with Gasteiger partial charge in [-0.15, -0.1) is 5.10 Å². The summed E-state index contributed by atoms with van der Waals surface area (Å²) in [6, 6.07) is 7.84. The van der Waals surface area contributed by atoms with E-state index in [0.717, 1.165) is 48.5 Å². The van der Waals surface area contributed by atoms with Crippen molar-refractivity contribution in [1.82, 2.24) is 25.1 Å². The molecule has 0 bridgehead atoms. The van der Waals surface area contributed by atoms with Gasteiger partial charge in [-0.2, -0.15) is 0 Å². The van der Waals surface area contributed by atoms with Gasteiger partial charge in [0.2, 0.25) is 17.7 Å². The van der Waals surface area contributed by atoms with E-state index < -0.39 is 12.1 Å². The van der Waals surface area contributed by atoms with Crippen molar-refractivity contribution in [3.8, 4) is 0 Å². The number of carbonyl (C=O) groups is 3. The van der Waals surface area contributed by atoms with Gasteiger partial charge in [0.15, 0.2) is 0 Å². The minimum absolute atomic E-state index is 0. The summed E-state index contributed by atoms with van der Waals surface area (Å²) in [6.07, 6.45) is 16.2. The molecule has 2 aliphatic carbocycles. The third-order valence-corrected chi connectivity index (χ3v) is 8.72. The predicted octanol–water partition coefficient (Wildman–Crippen LogP) is 5.13. The van der Waals surface area contributed by atoms with E-state index in [2.05, 4.69) is 25.5 Å². The molecule has 1 saturated heterocycles. The molecule has 2 heterocycles. The molecule has 2 unspecified atom stereocenters. The van der Waals surface area contributed by atoms with Crippen molar-refractivity contribution < 1.29 is 18.7 Å². The summed E-state index contributed by atoms with van der Waals surface area (Å²) in [7, 11) is 0. The fourth-order valence-corrected chi connectivity index (χ4v) is 6.04. The number of carbonyl (C=O) groups excluding carboxylic acids is 3. The molecule has 1 saturated carbocycles. The van der Waals surface area contributed by atoms with Crippen molar-refractivity contribution in [2.45, 2.75) is 70.0 Å². The molecule has 3 amide bonds. The Morgan fingerprint density at radius 1 is 1.12 bits per heavy atom. The van der Waals surface area contributed by atoms with Gasteiger partial charge in [0.25, 0.3) is 0 Å². The van der Waals surface area contributed by atoms with Crippen LogP contribution in [0, 0.1) is 5.92 Å². The zero-order valence-electron chi connectivity index (χ0n) is 23.4. The maximum atomic E-state index is 13.9. The molecule has 3 N–H and O–H groups in total. The third kappa shape index (κ3) is 7.37. The van der Waals surface area contributed by atoms with Crippen molar-refractivity contribution in [2.75, 3.05) is 18.4 Å². The van der Waals surface area contributed by atoms with Crippen molar-refractivity contribution in [3.63, 3.8) is 0 Å². The molecule has 0 radical (unpaired) electrons. The number of aromatic nitrogens is 2. The number of anilines is 1. The van der Waals surface area contributed by atoms with Crippen LogP contribution in [-0.2, 0) is 14.4 Å². The molecule has 2 fully saturated rings. The summed E-state index contributed by atoms with van der Waals surface area (Å²) in [4.78, 5) is 42.0. The summed E-state index contributed by atoms with van der Waals surface area (Å²) < 4.78 is 4.05. The van der Waals surface area contributed by atoms with Gasteiger partial charge in [-0.1, -0.05) is 71.6 Å². The molecule has 2 aromatic rings. The van der Waals surface area contributed by atoms with E-state index in [0.29, 0.717) is 23.2 Å². The maximum absolute atomic E-state index is 13.9. The molecule has 9 nitrogen and oxygen atoms in total. The van der Waals surface area contributed by atoms with Crippen LogP contribution in [0.15, 0.2) is 60.7 Å². The summed E-state index contributed by atoms with van der Waals surface area (Å²) in [6.45, 7) is 3.19. The smallest absolute Gasteiger partial charge is 0.250 e. The molecule has 3 aliphatic rings. The first-order valence-corrected chi connectivity index (χ1v) is 15.3. The fraction of sp³-hybridized carbons (Fsp3) is 0.452. The van der Waals surface area contributed by atoms with Crippen LogP contribution in [0.5, 0.6) is 0 Å². The average molecular weight is 581 g/mol. The lowest BCUT2D eigenvalue weighted by molar-refractivity contribution is -0.138. The number of nitrogens with zero attached hydrogens (tertiary/aromatic N) is 3. The number of allylic oxidation sites excluding steroid dienone is 6. The van der Waals surface area contributed by atoms with Crippen LogP contribution in [-0.4, -0.2) is 57.4 Å². The molecule has 1 aliphatic heterocycles. The SMILES string of the molecule is CC(NCC1CCC1)C(=O)N[C@H](C(=O)N1CCCC1CC(=O)Nc1snnc1C1=CC=CCC=C1)c1ccccc1.[HH].[HH].[HH]. The Morgan fingerprint density at radius 2 is 1.95 bits per heavy atom. The Bertz CT molecular complexity index is 1330. The molecule has 10 heteroatoms. The van der Waals surface area contributed by atoms with E-state index in [4.69, 9.17) is 0 Å². The van der Waals surface area contributed by atoms with E-state index in [1.807, 2.05) is 67.6 Å². The molecule has 3 atom stereocenters. The van der Waals surface area contributed by atoms with Crippen LogP contribution in [0.3, 0.4) is 0 Å². The molecular weight excluding hydrogens is 536 g/mol. The molecule has 1 aromatic heterocycles. The van der Waals surface area contributed by atoms with Gasteiger partial charge >= 0.3 is 0 Å². The standard InChI is InChI=1S/C31H38N6O3S.3H2/c1-21(32-20-22-11-9-12-22)29(39)34-28(24-15-7-4-8-16-24)31(40)37-18-10-17-25(37)19-26(38)33-30-27(35-36-41-30)23-13-5-2-3-6-14-23;;;/h2,4-8,13-16,21-22,25,28,32H,3,9-12,17-20H2,1H3,(H,33,38)(H,34,39);3*1H/t21?,25?,28-;;;/m0.../s1. The van der Waals surface area contributed by atoms with E-state index in [-0.39, 0.29) is 34.5 Å². The number of amides is 3. The van der Waals surface area contributed by atoms with E-state index in [9.17, 15) is 14.4 Å². The van der Waals surface area contributed by atoms with Crippen LogP contribution < -0.4 is 16.0 Å². The predicted molar refractivity (Wildman–Crippen MR) is 167 cm³/mol. The van der Waals surface area contributed by atoms with E-state index in [1.165, 1.54) is 19.3 Å². The van der Waals surface area contributed by atoms with E-state index in [1.54, 1.807) is 4.90 Å². The topological polar surface area (TPSA) is 116 Å². The number of likely N-dealkylation sites (tertiary alicyclic amines) is 1. The first-order valence-electron chi connectivity index (χ1n) is 14.5. The number of rotatable bonds is 11. The molecule has 222 valence electrons. The zero-order valence-corrected chi connectivity index (χ0v) is 24.2. The minimum Gasteiger partial charge on any atom is -0.339 e. The van der Waals surface area contributed by atoms with Gasteiger partial charge in [0.05, 0.1) is 6.04 Å². The highest BCUT2D eigenvalue weighted by Crippen LogP contribution is 2.30. The van der Waals surface area contributed by atoms with Gasteiger partial charge in [-0.25, -0.2) is 0 Å². The summed E-state index contributed by atoms with van der Waals surface area (Å²) in [5.41, 5.74) is 2.25. The maximum Gasteiger partial charge on any atom is 0.250 e. The summed E-state index contributed by atoms with van der Waals surface area (Å²) in [5.74, 6) is 0.0425. The summed E-state index contributed by atoms with van der Waals surface area (Å²) >= 11 is 1.14. The molecular formula is C31H44N6O3S. The molecule has 41 heavy (non-hydrogen) atoms. The molecule has 0 spiro atoms. The van der Waals surface area contributed by atoms with Crippen LogP contribution in [0.2, 0.25) is 0 Å². The first kappa shape index (κ1) is 28.9. The van der Waals surface area contributed by atoms with Crippen molar-refractivity contribution in [2.24, 2.45) is 5.92 Å². The van der Waals surface area contributed by atoms with Crippen molar-refractivity contribution in [1.29, 1.82) is 0 Å². The second kappa shape index (κ2) is 13.8. The number of hydrogen-bond donors (Lipinski definition) is 3. The highest BCUT2D eigenvalue weighted by Gasteiger charge is 2.36. The first-order chi connectivity index (χ1) is 20.0. The largest absolute Gasteiger partial charge is 0.339 e. The Morgan fingerprint density at radius 3 is 2.73 bits per heavy atom. The van der Waals surface area contributed by atoms with Gasteiger partial charge in [-0.05, 0) is 57.1 Å². The van der Waals surface area contributed by atoms with Crippen LogP contribution in [0.1, 0.15) is 73.4 Å². The monoisotopic (exact) mass is 580 g/mol. The van der Waals surface area contributed by atoms with Crippen LogP contribution in [0.25, 0.3) is 5.57 Å². The fourth-order valence-electron chi connectivity index (χ4n) is 5.43. The van der Waals surface area contributed by atoms with Gasteiger partial charge in [-0.3, -0.25) is 14.4 Å². The Balaban J connectivity index is 0.00000225. The number of nitrogens with one attached hydrogen (secondary N) is 3. The summed E-state index contributed by atoms with van der Waals surface area (Å²) in [5, 5.41) is 14.1. The van der Waals surface area contributed by atoms with Crippen LogP contribution in [0.4, 0.5) is 5.00 Å². The second-order valence-electron chi connectivity index (χ2n) is 11.0. The Kier molecular flexibility index (Phi) is 9.74.